The summed E-state index contributed by atoms with van der Waals surface area (Å²) in [6, 6.07) is 22.6. The van der Waals surface area contributed by atoms with Gasteiger partial charge in [-0.05, 0) is 49.3 Å². The van der Waals surface area contributed by atoms with Crippen molar-refractivity contribution >= 4 is 0 Å². The maximum absolute atomic E-state index is 4.35. The molecule has 28 heavy (non-hydrogen) atoms. The Morgan fingerprint density at radius 2 is 1.64 bits per heavy atom. The number of nitrogens with one attached hydrogen (secondary N) is 1. The van der Waals surface area contributed by atoms with Crippen molar-refractivity contribution in [3.8, 4) is 0 Å². The van der Waals surface area contributed by atoms with E-state index in [4.69, 9.17) is 0 Å². The highest BCUT2D eigenvalue weighted by atomic mass is 15.2. The smallest absolute Gasteiger partial charge is 0.0292 e. The van der Waals surface area contributed by atoms with E-state index in [9.17, 15) is 0 Å². The highest BCUT2D eigenvalue weighted by Crippen LogP contribution is 2.32. The molecule has 1 fully saturated rings. The summed E-state index contributed by atoms with van der Waals surface area (Å²) in [6.45, 7) is 14.3. The Kier molecular flexibility index (Phi) is 7.47. The topological polar surface area (TPSA) is 15.3 Å². The van der Waals surface area contributed by atoms with Crippen molar-refractivity contribution in [3.05, 3.63) is 83.9 Å². The molecule has 2 nitrogen and oxygen atoms in total. The first-order chi connectivity index (χ1) is 13.5. The third-order valence-corrected chi connectivity index (χ3v) is 6.00. The van der Waals surface area contributed by atoms with E-state index in [1.165, 1.54) is 29.5 Å². The standard InChI is InChI=1S/C26H36N2/c1-20(2)17-25-26(27-18-22-11-7-5-8-12-22)24(21(3)4)15-16-28(25)19-23-13-9-6-10-14-23/h5-14,20,24-27H,3,15-19H2,1-2,4H3/t24-,25+,26+/m1/s1. The molecular weight excluding hydrogens is 340 g/mol. The predicted molar refractivity (Wildman–Crippen MR) is 120 cm³/mol. The molecule has 1 aliphatic heterocycles. The minimum absolute atomic E-state index is 0.442. The zero-order valence-electron chi connectivity index (χ0n) is 17.8. The molecule has 0 bridgehead atoms. The van der Waals surface area contributed by atoms with Gasteiger partial charge in [-0.25, -0.2) is 0 Å². The summed E-state index contributed by atoms with van der Waals surface area (Å²) in [5.74, 6) is 1.22. The van der Waals surface area contributed by atoms with Crippen LogP contribution in [0.15, 0.2) is 72.8 Å². The second-order valence-electron chi connectivity index (χ2n) is 8.79. The molecule has 0 unspecified atom stereocenters. The Bertz CT molecular complexity index is 723. The van der Waals surface area contributed by atoms with Crippen LogP contribution in [0, 0.1) is 11.8 Å². The SMILES string of the molecule is C=C(C)[C@H]1CCN(Cc2ccccc2)[C@@H](CC(C)C)[C@H]1NCc1ccccc1. The number of hydrogen-bond donors (Lipinski definition) is 1. The summed E-state index contributed by atoms with van der Waals surface area (Å²) in [6.07, 6.45) is 2.40. The van der Waals surface area contributed by atoms with Crippen LogP contribution in [-0.4, -0.2) is 23.5 Å². The largest absolute Gasteiger partial charge is 0.308 e. The van der Waals surface area contributed by atoms with Crippen molar-refractivity contribution in [2.24, 2.45) is 11.8 Å². The summed E-state index contributed by atoms with van der Waals surface area (Å²) >= 11 is 0. The predicted octanol–water partition coefficient (Wildman–Crippen LogP) is 5.66. The van der Waals surface area contributed by atoms with Crippen LogP contribution in [0.25, 0.3) is 0 Å². The Morgan fingerprint density at radius 3 is 2.21 bits per heavy atom. The van der Waals surface area contributed by atoms with Crippen molar-refractivity contribution in [2.45, 2.75) is 58.8 Å². The Morgan fingerprint density at radius 1 is 1.04 bits per heavy atom. The molecule has 3 rings (SSSR count). The summed E-state index contributed by atoms with van der Waals surface area (Å²) in [7, 11) is 0. The van der Waals surface area contributed by atoms with Gasteiger partial charge in [0.15, 0.2) is 0 Å². The van der Waals surface area contributed by atoms with E-state index in [2.05, 4.69) is 98.2 Å². The number of benzene rings is 2. The van der Waals surface area contributed by atoms with E-state index < -0.39 is 0 Å². The van der Waals surface area contributed by atoms with Crippen LogP contribution in [0.3, 0.4) is 0 Å². The molecule has 0 aromatic heterocycles. The van der Waals surface area contributed by atoms with E-state index in [-0.39, 0.29) is 0 Å². The lowest BCUT2D eigenvalue weighted by molar-refractivity contribution is 0.0618. The van der Waals surface area contributed by atoms with Crippen molar-refractivity contribution in [1.29, 1.82) is 0 Å². The van der Waals surface area contributed by atoms with Gasteiger partial charge in [-0.3, -0.25) is 4.90 Å². The van der Waals surface area contributed by atoms with Gasteiger partial charge in [-0.1, -0.05) is 86.7 Å². The molecule has 1 aliphatic rings. The molecule has 1 heterocycles. The molecule has 0 amide bonds. The van der Waals surface area contributed by atoms with Gasteiger partial charge in [0.25, 0.3) is 0 Å². The minimum Gasteiger partial charge on any atom is -0.308 e. The van der Waals surface area contributed by atoms with Gasteiger partial charge in [0, 0.05) is 25.2 Å². The highest BCUT2D eigenvalue weighted by Gasteiger charge is 2.38. The van der Waals surface area contributed by atoms with Gasteiger partial charge in [0.2, 0.25) is 0 Å². The highest BCUT2D eigenvalue weighted by molar-refractivity contribution is 5.17. The summed E-state index contributed by atoms with van der Waals surface area (Å²) in [5, 5.41) is 3.94. The first-order valence-electron chi connectivity index (χ1n) is 10.7. The van der Waals surface area contributed by atoms with Crippen LogP contribution in [0.5, 0.6) is 0 Å². The van der Waals surface area contributed by atoms with Crippen molar-refractivity contribution in [2.75, 3.05) is 6.54 Å². The molecule has 0 saturated carbocycles. The van der Waals surface area contributed by atoms with Crippen LogP contribution < -0.4 is 5.32 Å². The zero-order chi connectivity index (χ0) is 19.9. The Balaban J connectivity index is 1.81. The molecule has 0 aliphatic carbocycles. The molecule has 2 aromatic rings. The van der Waals surface area contributed by atoms with Crippen molar-refractivity contribution in [3.63, 3.8) is 0 Å². The zero-order valence-corrected chi connectivity index (χ0v) is 17.8. The van der Waals surface area contributed by atoms with Gasteiger partial charge in [-0.2, -0.15) is 0 Å². The van der Waals surface area contributed by atoms with Crippen LogP contribution >= 0.6 is 0 Å². The normalized spacial score (nSPS) is 23.1. The van der Waals surface area contributed by atoms with E-state index >= 15 is 0 Å². The van der Waals surface area contributed by atoms with Crippen LogP contribution in [0.2, 0.25) is 0 Å². The van der Waals surface area contributed by atoms with Gasteiger partial charge < -0.3 is 5.32 Å². The number of piperidine rings is 1. The number of likely N-dealkylation sites (tertiary alicyclic amines) is 1. The second-order valence-corrected chi connectivity index (χ2v) is 8.79. The van der Waals surface area contributed by atoms with E-state index in [1.54, 1.807) is 0 Å². The average Bonchev–Trinajstić information content (AvgIpc) is 2.69. The third kappa shape index (κ3) is 5.56. The fraction of sp³-hybridized carbons (Fsp3) is 0.462. The first kappa shape index (κ1) is 20.8. The molecule has 0 radical (unpaired) electrons. The van der Waals surface area contributed by atoms with E-state index in [0.29, 0.717) is 23.9 Å². The lowest BCUT2D eigenvalue weighted by Crippen LogP contribution is -2.58. The fourth-order valence-corrected chi connectivity index (χ4v) is 4.60. The first-order valence-corrected chi connectivity index (χ1v) is 10.7. The van der Waals surface area contributed by atoms with Gasteiger partial charge in [-0.15, -0.1) is 0 Å². The quantitative estimate of drug-likeness (QED) is 0.598. The average molecular weight is 377 g/mol. The molecule has 1 N–H and O–H groups in total. The van der Waals surface area contributed by atoms with Crippen molar-refractivity contribution in [1.82, 2.24) is 10.2 Å². The number of rotatable bonds is 8. The van der Waals surface area contributed by atoms with Crippen LogP contribution in [0.4, 0.5) is 0 Å². The van der Waals surface area contributed by atoms with Gasteiger partial charge >= 0.3 is 0 Å². The number of nitrogens with zero attached hydrogens (tertiary/aromatic N) is 1. The van der Waals surface area contributed by atoms with Crippen LogP contribution in [0.1, 0.15) is 44.7 Å². The lowest BCUT2D eigenvalue weighted by atomic mass is 9.78. The molecule has 2 heteroatoms. The summed E-state index contributed by atoms with van der Waals surface area (Å²) in [4.78, 5) is 2.71. The van der Waals surface area contributed by atoms with E-state index in [1.807, 2.05) is 0 Å². The maximum Gasteiger partial charge on any atom is 0.0292 e. The Hall–Kier alpha value is -1.90. The van der Waals surface area contributed by atoms with Crippen LogP contribution in [-0.2, 0) is 13.1 Å². The van der Waals surface area contributed by atoms with Gasteiger partial charge in [0.1, 0.15) is 0 Å². The molecule has 1 saturated heterocycles. The summed E-state index contributed by atoms with van der Waals surface area (Å²) in [5.41, 5.74) is 4.08. The molecule has 3 atom stereocenters. The Labute approximate surface area is 171 Å². The molecule has 0 spiro atoms. The monoisotopic (exact) mass is 376 g/mol. The molecule has 150 valence electrons. The fourth-order valence-electron chi connectivity index (χ4n) is 4.60. The maximum atomic E-state index is 4.35. The minimum atomic E-state index is 0.442. The van der Waals surface area contributed by atoms with Gasteiger partial charge in [0.05, 0.1) is 0 Å². The summed E-state index contributed by atoms with van der Waals surface area (Å²) < 4.78 is 0. The molecular formula is C26H36N2. The third-order valence-electron chi connectivity index (χ3n) is 6.00. The second kappa shape index (κ2) is 10.0. The molecule has 2 aromatic carbocycles. The van der Waals surface area contributed by atoms with E-state index in [0.717, 1.165) is 19.6 Å². The number of hydrogen-bond acceptors (Lipinski definition) is 2. The van der Waals surface area contributed by atoms with Crippen molar-refractivity contribution < 1.29 is 0 Å². The lowest BCUT2D eigenvalue weighted by Gasteiger charge is -2.47.